The summed E-state index contributed by atoms with van der Waals surface area (Å²) in [5, 5.41) is 3.62. The van der Waals surface area contributed by atoms with E-state index in [-0.39, 0.29) is 5.91 Å². The molecule has 3 nitrogen and oxygen atoms in total. The molecule has 17 heavy (non-hydrogen) atoms. The Labute approximate surface area is 106 Å². The Balaban J connectivity index is 2.51. The van der Waals surface area contributed by atoms with Crippen molar-refractivity contribution in [1.82, 2.24) is 10.2 Å². The number of nitrogens with one attached hydrogen (secondary N) is 1. The summed E-state index contributed by atoms with van der Waals surface area (Å²) in [5.41, 5.74) is 0.306. The standard InChI is InChI=1S/C14H28N2O/c1-6-12-7-13(15-10-14(3,4)5)9-16(8-12)11(2)17/h12-13,15H,6-10H2,1-5H3. The molecule has 0 radical (unpaired) electrons. The molecule has 2 unspecified atom stereocenters. The average molecular weight is 240 g/mol. The largest absolute Gasteiger partial charge is 0.341 e. The fourth-order valence-corrected chi connectivity index (χ4v) is 2.35. The molecule has 3 heteroatoms. The highest BCUT2D eigenvalue weighted by atomic mass is 16.2. The molecule has 2 atom stereocenters. The van der Waals surface area contributed by atoms with Crippen molar-refractivity contribution >= 4 is 5.91 Å². The van der Waals surface area contributed by atoms with Gasteiger partial charge in [-0.1, -0.05) is 34.1 Å². The number of carbonyl (C=O) groups excluding carboxylic acids is 1. The van der Waals surface area contributed by atoms with Crippen LogP contribution in [0.5, 0.6) is 0 Å². The van der Waals surface area contributed by atoms with Crippen LogP contribution in [0.4, 0.5) is 0 Å². The van der Waals surface area contributed by atoms with Gasteiger partial charge < -0.3 is 10.2 Å². The van der Waals surface area contributed by atoms with E-state index in [4.69, 9.17) is 0 Å². The van der Waals surface area contributed by atoms with Gasteiger partial charge in [-0.15, -0.1) is 0 Å². The number of carbonyl (C=O) groups is 1. The highest BCUT2D eigenvalue weighted by Gasteiger charge is 2.28. The lowest BCUT2D eigenvalue weighted by Gasteiger charge is -2.38. The van der Waals surface area contributed by atoms with Gasteiger partial charge in [0.25, 0.3) is 0 Å². The fourth-order valence-electron chi connectivity index (χ4n) is 2.35. The molecule has 0 aromatic heterocycles. The van der Waals surface area contributed by atoms with Gasteiger partial charge in [0.05, 0.1) is 0 Å². The number of hydrogen-bond donors (Lipinski definition) is 1. The normalized spacial score (nSPS) is 26.1. The highest BCUT2D eigenvalue weighted by Crippen LogP contribution is 2.21. The van der Waals surface area contributed by atoms with E-state index in [2.05, 4.69) is 33.0 Å². The van der Waals surface area contributed by atoms with Crippen LogP contribution in [-0.4, -0.2) is 36.5 Å². The first-order chi connectivity index (χ1) is 7.81. The van der Waals surface area contributed by atoms with Crippen LogP contribution >= 0.6 is 0 Å². The summed E-state index contributed by atoms with van der Waals surface area (Å²) in [7, 11) is 0. The third kappa shape index (κ3) is 5.07. The Morgan fingerprint density at radius 1 is 1.35 bits per heavy atom. The molecule has 100 valence electrons. The van der Waals surface area contributed by atoms with Crippen LogP contribution < -0.4 is 5.32 Å². The van der Waals surface area contributed by atoms with Gasteiger partial charge in [0, 0.05) is 32.6 Å². The second kappa shape index (κ2) is 5.85. The second-order valence-electron chi connectivity index (χ2n) is 6.57. The van der Waals surface area contributed by atoms with Crippen molar-refractivity contribution in [2.45, 2.75) is 53.5 Å². The Hall–Kier alpha value is -0.570. The van der Waals surface area contributed by atoms with Crippen LogP contribution in [0, 0.1) is 11.3 Å². The number of likely N-dealkylation sites (tertiary alicyclic amines) is 1. The maximum atomic E-state index is 11.5. The summed E-state index contributed by atoms with van der Waals surface area (Å²) < 4.78 is 0. The first-order valence-corrected chi connectivity index (χ1v) is 6.80. The summed E-state index contributed by atoms with van der Waals surface area (Å²) in [6.07, 6.45) is 2.37. The molecule has 1 aliphatic heterocycles. The molecule has 0 aromatic rings. The third-order valence-corrected chi connectivity index (χ3v) is 3.48. The summed E-state index contributed by atoms with van der Waals surface area (Å²) in [6.45, 7) is 13.4. The van der Waals surface area contributed by atoms with Crippen molar-refractivity contribution in [3.63, 3.8) is 0 Å². The summed E-state index contributed by atoms with van der Waals surface area (Å²) in [4.78, 5) is 13.5. The van der Waals surface area contributed by atoms with Gasteiger partial charge in [-0.25, -0.2) is 0 Å². The smallest absolute Gasteiger partial charge is 0.219 e. The summed E-state index contributed by atoms with van der Waals surface area (Å²) >= 11 is 0. The number of nitrogens with zero attached hydrogens (tertiary/aromatic N) is 1. The molecule has 1 N–H and O–H groups in total. The number of piperidine rings is 1. The van der Waals surface area contributed by atoms with Crippen LogP contribution in [0.15, 0.2) is 0 Å². The Morgan fingerprint density at radius 3 is 2.47 bits per heavy atom. The molecule has 0 bridgehead atoms. The van der Waals surface area contributed by atoms with E-state index < -0.39 is 0 Å². The van der Waals surface area contributed by atoms with Crippen LogP contribution in [0.25, 0.3) is 0 Å². The topological polar surface area (TPSA) is 32.3 Å². The van der Waals surface area contributed by atoms with E-state index in [1.807, 2.05) is 4.90 Å². The lowest BCUT2D eigenvalue weighted by atomic mass is 9.90. The zero-order valence-electron chi connectivity index (χ0n) is 12.0. The molecule has 1 amide bonds. The van der Waals surface area contributed by atoms with E-state index in [9.17, 15) is 4.79 Å². The number of rotatable bonds is 3. The van der Waals surface area contributed by atoms with Crippen molar-refractivity contribution in [3.8, 4) is 0 Å². The Kier molecular flexibility index (Phi) is 4.99. The van der Waals surface area contributed by atoms with Gasteiger partial charge in [0.1, 0.15) is 0 Å². The molecule has 0 aromatic carbocycles. The van der Waals surface area contributed by atoms with Crippen molar-refractivity contribution in [2.24, 2.45) is 11.3 Å². The predicted octanol–water partition coefficient (Wildman–Crippen LogP) is 2.27. The number of hydrogen-bond acceptors (Lipinski definition) is 2. The maximum absolute atomic E-state index is 11.5. The van der Waals surface area contributed by atoms with Crippen molar-refractivity contribution < 1.29 is 4.79 Å². The Morgan fingerprint density at radius 2 is 2.00 bits per heavy atom. The highest BCUT2D eigenvalue weighted by molar-refractivity contribution is 5.73. The molecule has 1 aliphatic rings. The minimum absolute atomic E-state index is 0.214. The van der Waals surface area contributed by atoms with E-state index in [1.165, 1.54) is 6.42 Å². The molecular formula is C14H28N2O. The quantitative estimate of drug-likeness (QED) is 0.821. The van der Waals surface area contributed by atoms with Crippen molar-refractivity contribution in [1.29, 1.82) is 0 Å². The maximum Gasteiger partial charge on any atom is 0.219 e. The molecule has 1 fully saturated rings. The molecule has 0 spiro atoms. The van der Waals surface area contributed by atoms with Gasteiger partial charge >= 0.3 is 0 Å². The second-order valence-corrected chi connectivity index (χ2v) is 6.57. The lowest BCUT2D eigenvalue weighted by Crippen LogP contribution is -2.51. The molecule has 1 rings (SSSR count). The van der Waals surface area contributed by atoms with Crippen LogP contribution in [0.1, 0.15) is 47.5 Å². The average Bonchev–Trinajstić information content (AvgIpc) is 2.25. The predicted molar refractivity (Wildman–Crippen MR) is 71.9 cm³/mol. The molecule has 1 saturated heterocycles. The SMILES string of the molecule is CCC1CC(NCC(C)(C)C)CN(C(C)=O)C1. The minimum atomic E-state index is 0.214. The zero-order valence-corrected chi connectivity index (χ0v) is 12.0. The zero-order chi connectivity index (χ0) is 13.1. The van der Waals surface area contributed by atoms with Crippen molar-refractivity contribution in [2.75, 3.05) is 19.6 Å². The monoisotopic (exact) mass is 240 g/mol. The molecule has 1 heterocycles. The van der Waals surface area contributed by atoms with Gasteiger partial charge in [-0.3, -0.25) is 4.79 Å². The van der Waals surface area contributed by atoms with E-state index in [1.54, 1.807) is 6.92 Å². The van der Waals surface area contributed by atoms with E-state index >= 15 is 0 Å². The van der Waals surface area contributed by atoms with Crippen LogP contribution in [-0.2, 0) is 4.79 Å². The summed E-state index contributed by atoms with van der Waals surface area (Å²) in [5.74, 6) is 0.871. The lowest BCUT2D eigenvalue weighted by molar-refractivity contribution is -0.131. The van der Waals surface area contributed by atoms with Crippen LogP contribution in [0.3, 0.4) is 0 Å². The first-order valence-electron chi connectivity index (χ1n) is 6.80. The van der Waals surface area contributed by atoms with Gasteiger partial charge in [0.2, 0.25) is 5.91 Å². The van der Waals surface area contributed by atoms with Gasteiger partial charge in [0.15, 0.2) is 0 Å². The third-order valence-electron chi connectivity index (χ3n) is 3.48. The fraction of sp³-hybridized carbons (Fsp3) is 0.929. The summed E-state index contributed by atoms with van der Waals surface area (Å²) in [6, 6.07) is 0.469. The minimum Gasteiger partial charge on any atom is -0.341 e. The van der Waals surface area contributed by atoms with Crippen LogP contribution in [0.2, 0.25) is 0 Å². The molecular weight excluding hydrogens is 212 g/mol. The first kappa shape index (κ1) is 14.5. The van der Waals surface area contributed by atoms with Crippen molar-refractivity contribution in [3.05, 3.63) is 0 Å². The molecule has 0 aliphatic carbocycles. The number of amides is 1. The van der Waals surface area contributed by atoms with E-state index in [0.29, 0.717) is 17.4 Å². The van der Waals surface area contributed by atoms with Gasteiger partial charge in [-0.05, 0) is 17.8 Å². The Bertz CT molecular complexity index is 257. The van der Waals surface area contributed by atoms with Gasteiger partial charge in [-0.2, -0.15) is 0 Å². The van der Waals surface area contributed by atoms with E-state index in [0.717, 1.165) is 26.1 Å². The molecule has 0 saturated carbocycles.